The number of Topliss-reactive ketones (excluding diaryl/α,β-unsaturated/α-hetero) is 1. The van der Waals surface area contributed by atoms with E-state index in [1.165, 1.54) is 0 Å². The van der Waals surface area contributed by atoms with Crippen LogP contribution in [0.15, 0.2) is 0 Å². The van der Waals surface area contributed by atoms with Crippen molar-refractivity contribution < 1.29 is 9.53 Å². The maximum Gasteiger partial charge on any atom is 0.129 e. The van der Waals surface area contributed by atoms with Crippen molar-refractivity contribution in [3.63, 3.8) is 0 Å². The molecule has 0 spiro atoms. The summed E-state index contributed by atoms with van der Waals surface area (Å²) in [5, 5.41) is 0. The van der Waals surface area contributed by atoms with Gasteiger partial charge in [-0.05, 0) is 27.2 Å². The average Bonchev–Trinajstić information content (AvgIpc) is 1.79. The van der Waals surface area contributed by atoms with Crippen LogP contribution in [-0.4, -0.2) is 18.5 Å². The summed E-state index contributed by atoms with van der Waals surface area (Å²) in [6.07, 6.45) is 1.78. The number of ether oxygens (including phenoxy) is 1. The monoisotopic (exact) mass is 144 g/mol. The summed E-state index contributed by atoms with van der Waals surface area (Å²) >= 11 is 0. The molecule has 0 radical (unpaired) electrons. The lowest BCUT2D eigenvalue weighted by molar-refractivity contribution is -0.117. The van der Waals surface area contributed by atoms with Gasteiger partial charge in [-0.2, -0.15) is 0 Å². The molecule has 0 unspecified atom stereocenters. The van der Waals surface area contributed by atoms with Gasteiger partial charge in [0.15, 0.2) is 0 Å². The van der Waals surface area contributed by atoms with Crippen LogP contribution in [0.5, 0.6) is 0 Å². The second-order valence-electron chi connectivity index (χ2n) is 2.73. The Morgan fingerprint density at radius 1 is 1.50 bits per heavy atom. The Hall–Kier alpha value is -0.370. The summed E-state index contributed by atoms with van der Waals surface area (Å²) in [6, 6.07) is 0. The van der Waals surface area contributed by atoms with E-state index in [0.717, 1.165) is 6.42 Å². The average molecular weight is 144 g/mol. The maximum atomic E-state index is 10.4. The van der Waals surface area contributed by atoms with Gasteiger partial charge in [0.05, 0.1) is 6.10 Å². The summed E-state index contributed by atoms with van der Waals surface area (Å²) < 4.78 is 5.24. The molecule has 0 aliphatic rings. The van der Waals surface area contributed by atoms with Gasteiger partial charge in [0.25, 0.3) is 0 Å². The van der Waals surface area contributed by atoms with Gasteiger partial charge in [0.1, 0.15) is 5.78 Å². The van der Waals surface area contributed by atoms with Crippen LogP contribution < -0.4 is 0 Å². The number of hydrogen-bond acceptors (Lipinski definition) is 2. The van der Waals surface area contributed by atoms with Gasteiger partial charge in [-0.15, -0.1) is 0 Å². The molecule has 0 bridgehead atoms. The fourth-order valence-corrected chi connectivity index (χ4v) is 0.640. The van der Waals surface area contributed by atoms with Crippen molar-refractivity contribution >= 4 is 5.78 Å². The van der Waals surface area contributed by atoms with Crippen molar-refractivity contribution in [3.8, 4) is 0 Å². The first kappa shape index (κ1) is 9.63. The van der Waals surface area contributed by atoms with E-state index in [1.54, 1.807) is 6.92 Å². The molecule has 0 aromatic rings. The molecule has 2 heteroatoms. The zero-order valence-corrected chi connectivity index (χ0v) is 7.02. The van der Waals surface area contributed by atoms with Crippen LogP contribution >= 0.6 is 0 Å². The molecule has 60 valence electrons. The molecule has 0 aliphatic carbocycles. The largest absolute Gasteiger partial charge is 0.379 e. The number of hydrogen-bond donors (Lipinski definition) is 0. The SMILES string of the molecule is CC(=O)CCCOC(C)C. The quantitative estimate of drug-likeness (QED) is 0.550. The Labute approximate surface area is 62.6 Å². The van der Waals surface area contributed by atoms with Crippen LogP contribution in [0.2, 0.25) is 0 Å². The molecule has 0 atom stereocenters. The highest BCUT2D eigenvalue weighted by molar-refractivity contribution is 5.75. The number of carbonyl (C=O) groups excluding carboxylic acids is 1. The van der Waals surface area contributed by atoms with Gasteiger partial charge in [0, 0.05) is 13.0 Å². The third-order valence-electron chi connectivity index (χ3n) is 1.12. The van der Waals surface area contributed by atoms with Crippen LogP contribution in [0.3, 0.4) is 0 Å². The molecule has 10 heavy (non-hydrogen) atoms. The van der Waals surface area contributed by atoms with E-state index in [9.17, 15) is 4.79 Å². The lowest BCUT2D eigenvalue weighted by atomic mass is 10.2. The number of ketones is 1. The summed E-state index contributed by atoms with van der Waals surface area (Å²) in [5.41, 5.74) is 0. The molecule has 0 aromatic carbocycles. The molecular formula is C8H16O2. The minimum absolute atomic E-state index is 0.243. The molecule has 0 amide bonds. The molecule has 0 aromatic heterocycles. The van der Waals surface area contributed by atoms with Gasteiger partial charge in [-0.1, -0.05) is 0 Å². The third-order valence-corrected chi connectivity index (χ3v) is 1.12. The van der Waals surface area contributed by atoms with Crippen molar-refractivity contribution in [2.75, 3.05) is 6.61 Å². The lowest BCUT2D eigenvalue weighted by Gasteiger charge is -2.05. The highest BCUT2D eigenvalue weighted by Gasteiger charge is 1.94. The third kappa shape index (κ3) is 7.63. The highest BCUT2D eigenvalue weighted by atomic mass is 16.5. The summed E-state index contributed by atoms with van der Waals surface area (Å²) in [6.45, 7) is 6.30. The normalized spacial score (nSPS) is 10.4. The Morgan fingerprint density at radius 2 is 2.10 bits per heavy atom. The molecule has 0 saturated carbocycles. The fourth-order valence-electron chi connectivity index (χ4n) is 0.640. The van der Waals surface area contributed by atoms with Gasteiger partial charge in [-0.3, -0.25) is 0 Å². The van der Waals surface area contributed by atoms with Crippen molar-refractivity contribution in [2.24, 2.45) is 0 Å². The standard InChI is InChI=1S/C8H16O2/c1-7(2)10-6-4-5-8(3)9/h7H,4-6H2,1-3H3. The molecule has 0 N–H and O–H groups in total. The van der Waals surface area contributed by atoms with Crippen molar-refractivity contribution in [3.05, 3.63) is 0 Å². The molecular weight excluding hydrogens is 128 g/mol. The van der Waals surface area contributed by atoms with E-state index < -0.39 is 0 Å². The highest BCUT2D eigenvalue weighted by Crippen LogP contribution is 1.94. The smallest absolute Gasteiger partial charge is 0.129 e. The van der Waals surface area contributed by atoms with E-state index in [4.69, 9.17) is 4.74 Å². The first-order valence-corrected chi connectivity index (χ1v) is 3.74. The van der Waals surface area contributed by atoms with E-state index in [1.807, 2.05) is 13.8 Å². The van der Waals surface area contributed by atoms with Gasteiger partial charge < -0.3 is 9.53 Å². The Balaban J connectivity index is 2.98. The summed E-state index contributed by atoms with van der Waals surface area (Å²) in [4.78, 5) is 10.4. The predicted molar refractivity (Wildman–Crippen MR) is 41.0 cm³/mol. The van der Waals surface area contributed by atoms with Crippen LogP contribution in [0, 0.1) is 0 Å². The first-order chi connectivity index (χ1) is 4.63. The second-order valence-corrected chi connectivity index (χ2v) is 2.73. The van der Waals surface area contributed by atoms with Crippen LogP contribution in [0.25, 0.3) is 0 Å². The molecule has 2 nitrogen and oxygen atoms in total. The van der Waals surface area contributed by atoms with Gasteiger partial charge >= 0.3 is 0 Å². The van der Waals surface area contributed by atoms with E-state index in [0.29, 0.717) is 13.0 Å². The molecule has 0 aliphatic heterocycles. The van der Waals surface area contributed by atoms with E-state index in [2.05, 4.69) is 0 Å². The first-order valence-electron chi connectivity index (χ1n) is 3.74. The van der Waals surface area contributed by atoms with Crippen LogP contribution in [0.1, 0.15) is 33.6 Å². The summed E-state index contributed by atoms with van der Waals surface area (Å²) in [5.74, 6) is 0.243. The Kier molecular flexibility index (Phi) is 5.22. The van der Waals surface area contributed by atoms with Crippen LogP contribution in [-0.2, 0) is 9.53 Å². The molecule has 0 fully saturated rings. The second kappa shape index (κ2) is 5.42. The van der Waals surface area contributed by atoms with Gasteiger partial charge in [0.2, 0.25) is 0 Å². The topological polar surface area (TPSA) is 26.3 Å². The molecule has 0 saturated heterocycles. The molecule has 0 heterocycles. The molecule has 0 rings (SSSR count). The Morgan fingerprint density at radius 3 is 2.50 bits per heavy atom. The minimum atomic E-state index is 0.243. The number of rotatable bonds is 5. The minimum Gasteiger partial charge on any atom is -0.379 e. The summed E-state index contributed by atoms with van der Waals surface area (Å²) in [7, 11) is 0. The zero-order valence-electron chi connectivity index (χ0n) is 7.02. The zero-order chi connectivity index (χ0) is 7.98. The number of carbonyl (C=O) groups is 1. The maximum absolute atomic E-state index is 10.4. The van der Waals surface area contributed by atoms with Crippen molar-refractivity contribution in [1.82, 2.24) is 0 Å². The van der Waals surface area contributed by atoms with Gasteiger partial charge in [-0.25, -0.2) is 0 Å². The predicted octanol–water partition coefficient (Wildman–Crippen LogP) is 1.78. The van der Waals surface area contributed by atoms with E-state index >= 15 is 0 Å². The lowest BCUT2D eigenvalue weighted by Crippen LogP contribution is -2.04. The Bertz CT molecular complexity index is 97.4. The fraction of sp³-hybridized carbons (Fsp3) is 0.875. The van der Waals surface area contributed by atoms with Crippen molar-refractivity contribution in [1.29, 1.82) is 0 Å². The van der Waals surface area contributed by atoms with E-state index in [-0.39, 0.29) is 11.9 Å². The van der Waals surface area contributed by atoms with Crippen LogP contribution in [0.4, 0.5) is 0 Å². The van der Waals surface area contributed by atoms with Crippen molar-refractivity contribution in [2.45, 2.75) is 39.7 Å².